The SMILES string of the molecule is Cc1ccc(-c2nc(-c3ccccc3)nc(-c3cccc(-c4ccc5oc6ccc(-c7cccc(-c8nc(-c9ccccc9)nc(-c9ccc(C)cc9)n8)c7)cc6c5c4)c3)n2)cc1. The van der Waals surface area contributed by atoms with Crippen LogP contribution in [0, 0.1) is 13.8 Å². The second kappa shape index (κ2) is 15.9. The molecule has 0 bridgehead atoms. The molecule has 0 saturated carbocycles. The average molecular weight is 811 g/mol. The maximum absolute atomic E-state index is 6.40. The summed E-state index contributed by atoms with van der Waals surface area (Å²) in [6.07, 6.45) is 0. The van der Waals surface area contributed by atoms with Crippen LogP contribution in [0.25, 0.3) is 113 Å². The van der Waals surface area contributed by atoms with Crippen molar-refractivity contribution in [3.05, 3.63) is 205 Å². The molecule has 7 heteroatoms. The third kappa shape index (κ3) is 7.53. The molecule has 0 amide bonds. The van der Waals surface area contributed by atoms with E-state index in [1.165, 1.54) is 11.1 Å². The predicted molar refractivity (Wildman–Crippen MR) is 253 cm³/mol. The number of benzene rings is 8. The molecule has 0 saturated heterocycles. The highest BCUT2D eigenvalue weighted by Gasteiger charge is 2.17. The lowest BCUT2D eigenvalue weighted by Gasteiger charge is -2.10. The standard InChI is InChI=1S/C56H38N6O/c1-35-19-23-39(24-20-35)53-57-51(37-11-5-3-6-12-37)59-55(61-53)45-17-9-15-41(31-45)43-27-29-49-47(33-43)48-34-44(28-30-50(48)63-49)42-16-10-18-46(32-42)56-60-52(38-13-7-4-8-14-38)58-54(62-56)40-25-21-36(2)22-26-40/h3-34H,1-2H3. The minimum Gasteiger partial charge on any atom is -0.456 e. The Bertz CT molecular complexity index is 3230. The normalized spacial score (nSPS) is 11.3. The van der Waals surface area contributed by atoms with Crippen LogP contribution in [0.5, 0.6) is 0 Å². The van der Waals surface area contributed by atoms with Gasteiger partial charge in [0.05, 0.1) is 0 Å². The van der Waals surface area contributed by atoms with Crippen LogP contribution in [0.3, 0.4) is 0 Å². The fraction of sp³-hybridized carbons (Fsp3) is 0.0357. The Morgan fingerprint density at radius 3 is 0.921 bits per heavy atom. The van der Waals surface area contributed by atoms with Crippen molar-refractivity contribution in [2.24, 2.45) is 0 Å². The van der Waals surface area contributed by atoms with E-state index < -0.39 is 0 Å². The van der Waals surface area contributed by atoms with Gasteiger partial charge in [0.1, 0.15) is 11.2 Å². The topological polar surface area (TPSA) is 90.5 Å². The zero-order chi connectivity index (χ0) is 42.3. The summed E-state index contributed by atoms with van der Waals surface area (Å²) in [5.74, 6) is 3.76. The molecule has 0 aliphatic heterocycles. The number of aromatic nitrogens is 6. The zero-order valence-electron chi connectivity index (χ0n) is 34.6. The quantitative estimate of drug-likeness (QED) is 0.151. The maximum Gasteiger partial charge on any atom is 0.164 e. The summed E-state index contributed by atoms with van der Waals surface area (Å²) < 4.78 is 6.40. The largest absolute Gasteiger partial charge is 0.456 e. The van der Waals surface area contributed by atoms with E-state index in [2.05, 4.69) is 147 Å². The number of hydrogen-bond donors (Lipinski definition) is 0. The molecule has 0 radical (unpaired) electrons. The van der Waals surface area contributed by atoms with Crippen molar-refractivity contribution in [1.29, 1.82) is 0 Å². The van der Waals surface area contributed by atoms with Gasteiger partial charge in [0.15, 0.2) is 34.9 Å². The molecule has 8 aromatic carbocycles. The summed E-state index contributed by atoms with van der Waals surface area (Å²) in [6.45, 7) is 4.15. The molecule has 0 aliphatic rings. The van der Waals surface area contributed by atoms with E-state index in [1.807, 2.05) is 60.7 Å². The summed E-state index contributed by atoms with van der Waals surface area (Å²) in [6, 6.07) is 66.2. The fourth-order valence-electron chi connectivity index (χ4n) is 7.92. The highest BCUT2D eigenvalue weighted by atomic mass is 16.3. The summed E-state index contributed by atoms with van der Waals surface area (Å²) in [5.41, 5.74) is 13.8. The number of rotatable bonds is 8. The van der Waals surface area contributed by atoms with Gasteiger partial charge in [0.2, 0.25) is 0 Å². The molecule has 3 aromatic heterocycles. The van der Waals surface area contributed by atoms with E-state index in [9.17, 15) is 0 Å². The van der Waals surface area contributed by atoms with Gasteiger partial charge in [-0.3, -0.25) is 0 Å². The van der Waals surface area contributed by atoms with Crippen molar-refractivity contribution in [3.8, 4) is 90.6 Å². The van der Waals surface area contributed by atoms with Gasteiger partial charge in [-0.15, -0.1) is 0 Å². The summed E-state index contributed by atoms with van der Waals surface area (Å²) in [4.78, 5) is 29.8. The van der Waals surface area contributed by atoms with Crippen LogP contribution < -0.4 is 0 Å². The Morgan fingerprint density at radius 2 is 0.540 bits per heavy atom. The van der Waals surface area contributed by atoms with Gasteiger partial charge in [-0.1, -0.05) is 169 Å². The van der Waals surface area contributed by atoms with E-state index in [0.29, 0.717) is 34.9 Å². The summed E-state index contributed by atoms with van der Waals surface area (Å²) in [5, 5.41) is 2.07. The highest BCUT2D eigenvalue weighted by molar-refractivity contribution is 6.07. The summed E-state index contributed by atoms with van der Waals surface area (Å²) in [7, 11) is 0. The lowest BCUT2D eigenvalue weighted by molar-refractivity contribution is 0.669. The first-order chi connectivity index (χ1) is 31.0. The first kappa shape index (κ1) is 37.6. The lowest BCUT2D eigenvalue weighted by Crippen LogP contribution is -2.00. The highest BCUT2D eigenvalue weighted by Crippen LogP contribution is 2.37. The van der Waals surface area contributed by atoms with Gasteiger partial charge in [-0.25, -0.2) is 29.9 Å². The average Bonchev–Trinajstić information content (AvgIpc) is 3.72. The predicted octanol–water partition coefficient (Wildman–Crippen LogP) is 13.9. The molecule has 63 heavy (non-hydrogen) atoms. The minimum atomic E-state index is 0.614. The smallest absolute Gasteiger partial charge is 0.164 e. The maximum atomic E-state index is 6.40. The number of nitrogens with zero attached hydrogens (tertiary/aromatic N) is 6. The molecule has 7 nitrogen and oxygen atoms in total. The fourth-order valence-corrected chi connectivity index (χ4v) is 7.92. The Morgan fingerprint density at radius 1 is 0.254 bits per heavy atom. The Hall–Kier alpha value is -8.42. The van der Waals surface area contributed by atoms with Crippen LogP contribution >= 0.6 is 0 Å². The van der Waals surface area contributed by atoms with E-state index in [4.69, 9.17) is 34.3 Å². The molecule has 0 N–H and O–H groups in total. The molecule has 0 fully saturated rings. The molecular weight excluding hydrogens is 773 g/mol. The van der Waals surface area contributed by atoms with Gasteiger partial charge in [0.25, 0.3) is 0 Å². The third-order valence-electron chi connectivity index (χ3n) is 11.3. The summed E-state index contributed by atoms with van der Waals surface area (Å²) >= 11 is 0. The molecular formula is C56H38N6O. The van der Waals surface area contributed by atoms with Crippen molar-refractivity contribution in [2.75, 3.05) is 0 Å². The van der Waals surface area contributed by atoms with Crippen molar-refractivity contribution in [2.45, 2.75) is 13.8 Å². The molecule has 0 atom stereocenters. The second-order valence-corrected chi connectivity index (χ2v) is 15.8. The molecule has 11 rings (SSSR count). The monoisotopic (exact) mass is 810 g/mol. The van der Waals surface area contributed by atoms with Gasteiger partial charge >= 0.3 is 0 Å². The van der Waals surface area contributed by atoms with E-state index in [1.54, 1.807) is 0 Å². The van der Waals surface area contributed by atoms with Crippen LogP contribution in [0.2, 0.25) is 0 Å². The van der Waals surface area contributed by atoms with Crippen molar-refractivity contribution in [3.63, 3.8) is 0 Å². The Labute approximate surface area is 364 Å². The van der Waals surface area contributed by atoms with Crippen LogP contribution in [0.15, 0.2) is 199 Å². The Balaban J connectivity index is 0.959. The number of furan rings is 1. The van der Waals surface area contributed by atoms with Crippen LogP contribution in [0.4, 0.5) is 0 Å². The van der Waals surface area contributed by atoms with E-state index >= 15 is 0 Å². The van der Waals surface area contributed by atoms with Crippen LogP contribution in [0.1, 0.15) is 11.1 Å². The second-order valence-electron chi connectivity index (χ2n) is 15.8. The van der Waals surface area contributed by atoms with Crippen molar-refractivity contribution >= 4 is 21.9 Å². The van der Waals surface area contributed by atoms with E-state index in [-0.39, 0.29) is 0 Å². The first-order valence-corrected chi connectivity index (χ1v) is 20.9. The van der Waals surface area contributed by atoms with E-state index in [0.717, 1.165) is 77.6 Å². The van der Waals surface area contributed by atoms with Gasteiger partial charge in [-0.2, -0.15) is 0 Å². The van der Waals surface area contributed by atoms with Crippen molar-refractivity contribution in [1.82, 2.24) is 29.9 Å². The molecule has 0 spiro atoms. The van der Waals surface area contributed by atoms with Crippen molar-refractivity contribution < 1.29 is 4.42 Å². The van der Waals surface area contributed by atoms with Crippen LogP contribution in [-0.4, -0.2) is 29.9 Å². The first-order valence-electron chi connectivity index (χ1n) is 20.9. The molecule has 11 aromatic rings. The number of aryl methyl sites for hydroxylation is 2. The molecule has 298 valence electrons. The zero-order valence-corrected chi connectivity index (χ0v) is 34.6. The van der Waals surface area contributed by atoms with Gasteiger partial charge in [0, 0.05) is 44.2 Å². The lowest BCUT2D eigenvalue weighted by atomic mass is 9.98. The third-order valence-corrected chi connectivity index (χ3v) is 11.3. The van der Waals surface area contributed by atoms with Gasteiger partial charge < -0.3 is 4.42 Å². The molecule has 0 aliphatic carbocycles. The minimum absolute atomic E-state index is 0.614. The number of hydrogen-bond acceptors (Lipinski definition) is 7. The number of fused-ring (bicyclic) bond motifs is 3. The Kier molecular flexibility index (Phi) is 9.47. The molecule has 0 unspecified atom stereocenters. The van der Waals surface area contributed by atoms with Crippen LogP contribution in [-0.2, 0) is 0 Å². The molecule has 3 heterocycles. The van der Waals surface area contributed by atoms with Gasteiger partial charge in [-0.05, 0) is 72.5 Å².